The number of aromatic nitrogens is 2. The number of aliphatic hydroxyl groups is 1. The molecule has 0 aliphatic rings. The molecule has 0 radical (unpaired) electrons. The number of nitrogens with zero attached hydrogens (tertiary/aromatic N) is 2. The Kier molecular flexibility index (Phi) is 3.10. The summed E-state index contributed by atoms with van der Waals surface area (Å²) < 4.78 is 8.61. The number of benzene rings is 1. The standard InChI is InChI=1S/C15H11BrN2O2S/c16-11-3-1-2-9-6-13(20-14(9)11)12(19)7-10-8-18-4-5-21-15(18)17-10/h1-6,8,12,19H,7H2. The van der Waals surface area contributed by atoms with E-state index in [1.165, 1.54) is 0 Å². The van der Waals surface area contributed by atoms with Crippen LogP contribution < -0.4 is 0 Å². The second-order valence-electron chi connectivity index (χ2n) is 4.85. The third kappa shape index (κ3) is 2.29. The van der Waals surface area contributed by atoms with E-state index < -0.39 is 6.10 Å². The molecule has 0 saturated heterocycles. The van der Waals surface area contributed by atoms with E-state index in [0.717, 1.165) is 26.1 Å². The van der Waals surface area contributed by atoms with Crippen molar-refractivity contribution in [2.45, 2.75) is 12.5 Å². The quantitative estimate of drug-likeness (QED) is 0.594. The maximum atomic E-state index is 10.4. The number of thiazole rings is 1. The number of furan rings is 1. The number of aliphatic hydroxyl groups excluding tert-OH is 1. The second kappa shape index (κ2) is 4.98. The van der Waals surface area contributed by atoms with E-state index in [-0.39, 0.29) is 0 Å². The maximum absolute atomic E-state index is 10.4. The van der Waals surface area contributed by atoms with Crippen molar-refractivity contribution < 1.29 is 9.52 Å². The van der Waals surface area contributed by atoms with E-state index in [4.69, 9.17) is 4.42 Å². The van der Waals surface area contributed by atoms with E-state index in [2.05, 4.69) is 20.9 Å². The van der Waals surface area contributed by atoms with Crippen LogP contribution in [0.2, 0.25) is 0 Å². The van der Waals surface area contributed by atoms with Crippen molar-refractivity contribution in [1.82, 2.24) is 9.38 Å². The lowest BCUT2D eigenvalue weighted by Gasteiger charge is -2.04. The van der Waals surface area contributed by atoms with Gasteiger partial charge in [0.1, 0.15) is 17.4 Å². The lowest BCUT2D eigenvalue weighted by atomic mass is 10.1. The average Bonchev–Trinajstić information content (AvgIpc) is 3.11. The highest BCUT2D eigenvalue weighted by Crippen LogP contribution is 2.30. The Balaban J connectivity index is 1.64. The van der Waals surface area contributed by atoms with Gasteiger partial charge in [0.05, 0.1) is 10.2 Å². The molecule has 4 nitrogen and oxygen atoms in total. The van der Waals surface area contributed by atoms with Crippen molar-refractivity contribution in [2.24, 2.45) is 0 Å². The summed E-state index contributed by atoms with van der Waals surface area (Å²) in [5, 5.41) is 13.3. The molecular weight excluding hydrogens is 352 g/mol. The highest BCUT2D eigenvalue weighted by Gasteiger charge is 2.17. The van der Waals surface area contributed by atoms with Gasteiger partial charge in [-0.25, -0.2) is 4.98 Å². The molecule has 1 atom stereocenters. The first kappa shape index (κ1) is 13.1. The predicted octanol–water partition coefficient (Wildman–Crippen LogP) is 4.18. The zero-order valence-electron chi connectivity index (χ0n) is 10.9. The predicted molar refractivity (Wildman–Crippen MR) is 85.6 cm³/mol. The number of imidazole rings is 1. The van der Waals surface area contributed by atoms with Gasteiger partial charge in [-0.05, 0) is 28.1 Å². The van der Waals surface area contributed by atoms with Crippen LogP contribution in [0.15, 0.2) is 50.9 Å². The Hall–Kier alpha value is -1.63. The Bertz CT molecular complexity index is 896. The maximum Gasteiger partial charge on any atom is 0.193 e. The smallest absolute Gasteiger partial charge is 0.193 e. The van der Waals surface area contributed by atoms with Gasteiger partial charge in [-0.3, -0.25) is 4.40 Å². The molecule has 3 heterocycles. The molecule has 4 rings (SSSR count). The van der Waals surface area contributed by atoms with Crippen molar-refractivity contribution in [1.29, 1.82) is 0 Å². The molecule has 106 valence electrons. The summed E-state index contributed by atoms with van der Waals surface area (Å²) in [7, 11) is 0. The zero-order chi connectivity index (χ0) is 14.4. The Morgan fingerprint density at radius 1 is 1.43 bits per heavy atom. The third-order valence-corrected chi connectivity index (χ3v) is 4.78. The van der Waals surface area contributed by atoms with Crippen molar-refractivity contribution in [3.63, 3.8) is 0 Å². The summed E-state index contributed by atoms with van der Waals surface area (Å²) in [5.74, 6) is 0.563. The minimum absolute atomic E-state index is 0.436. The molecule has 0 aliphatic carbocycles. The van der Waals surface area contributed by atoms with E-state index in [9.17, 15) is 5.11 Å². The molecular formula is C15H11BrN2O2S. The van der Waals surface area contributed by atoms with E-state index in [0.29, 0.717) is 12.2 Å². The lowest BCUT2D eigenvalue weighted by Crippen LogP contribution is -2.00. The first-order valence-corrected chi connectivity index (χ1v) is 8.15. The van der Waals surface area contributed by atoms with Gasteiger partial charge in [0, 0.05) is 29.6 Å². The summed E-state index contributed by atoms with van der Waals surface area (Å²) in [6.45, 7) is 0. The van der Waals surface area contributed by atoms with Crippen molar-refractivity contribution in [2.75, 3.05) is 0 Å². The number of halogens is 1. The van der Waals surface area contributed by atoms with Gasteiger partial charge in [0.2, 0.25) is 0 Å². The van der Waals surface area contributed by atoms with Crippen molar-refractivity contribution in [3.8, 4) is 0 Å². The fraction of sp³-hybridized carbons (Fsp3) is 0.133. The molecule has 0 aliphatic heterocycles. The number of hydrogen-bond acceptors (Lipinski definition) is 4. The summed E-state index contributed by atoms with van der Waals surface area (Å²) in [5.41, 5.74) is 1.62. The molecule has 0 amide bonds. The molecule has 0 bridgehead atoms. The van der Waals surface area contributed by atoms with Crippen LogP contribution in [0, 0.1) is 0 Å². The van der Waals surface area contributed by atoms with Crippen molar-refractivity contribution in [3.05, 3.63) is 58.0 Å². The molecule has 1 aromatic carbocycles. The average molecular weight is 363 g/mol. The fourth-order valence-electron chi connectivity index (χ4n) is 2.38. The van der Waals surface area contributed by atoms with Gasteiger partial charge < -0.3 is 9.52 Å². The number of fused-ring (bicyclic) bond motifs is 2. The molecule has 4 aromatic rings. The number of rotatable bonds is 3. The largest absolute Gasteiger partial charge is 0.457 e. The summed E-state index contributed by atoms with van der Waals surface area (Å²) in [4.78, 5) is 5.42. The third-order valence-electron chi connectivity index (χ3n) is 3.39. The molecule has 0 spiro atoms. The molecule has 6 heteroatoms. The summed E-state index contributed by atoms with van der Waals surface area (Å²) in [6, 6.07) is 7.71. The highest BCUT2D eigenvalue weighted by atomic mass is 79.9. The Labute approximate surface area is 132 Å². The van der Waals surface area contributed by atoms with Crippen LogP contribution in [0.25, 0.3) is 15.9 Å². The molecule has 0 saturated carbocycles. The molecule has 21 heavy (non-hydrogen) atoms. The molecule has 3 aromatic heterocycles. The zero-order valence-corrected chi connectivity index (χ0v) is 13.3. The fourth-order valence-corrected chi connectivity index (χ4v) is 3.57. The summed E-state index contributed by atoms with van der Waals surface area (Å²) in [6.07, 6.45) is 3.63. The van der Waals surface area contributed by atoms with Gasteiger partial charge in [-0.1, -0.05) is 12.1 Å². The van der Waals surface area contributed by atoms with Crippen LogP contribution in [0.3, 0.4) is 0 Å². The molecule has 1 unspecified atom stereocenters. The van der Waals surface area contributed by atoms with Crippen molar-refractivity contribution >= 4 is 43.2 Å². The van der Waals surface area contributed by atoms with E-state index >= 15 is 0 Å². The topological polar surface area (TPSA) is 50.7 Å². The lowest BCUT2D eigenvalue weighted by molar-refractivity contribution is 0.151. The van der Waals surface area contributed by atoms with Crippen LogP contribution in [-0.4, -0.2) is 14.5 Å². The van der Waals surface area contributed by atoms with Crippen LogP contribution >= 0.6 is 27.3 Å². The van der Waals surface area contributed by atoms with Gasteiger partial charge in [0.25, 0.3) is 0 Å². The molecule has 0 fully saturated rings. The minimum atomic E-state index is -0.700. The van der Waals surface area contributed by atoms with E-state index in [1.54, 1.807) is 11.3 Å². The SMILES string of the molecule is OC(Cc1cn2ccsc2n1)c1cc2cccc(Br)c2o1. The second-order valence-corrected chi connectivity index (χ2v) is 6.58. The van der Waals surface area contributed by atoms with Crippen LogP contribution in [0.5, 0.6) is 0 Å². The normalized spacial score (nSPS) is 13.2. The first-order chi connectivity index (χ1) is 10.2. The minimum Gasteiger partial charge on any atom is -0.457 e. The van der Waals surface area contributed by atoms with E-state index in [1.807, 2.05) is 46.4 Å². The van der Waals surface area contributed by atoms with Gasteiger partial charge >= 0.3 is 0 Å². The van der Waals surface area contributed by atoms with Gasteiger partial charge in [-0.2, -0.15) is 0 Å². The van der Waals surface area contributed by atoms with Crippen LogP contribution in [0.1, 0.15) is 17.6 Å². The van der Waals surface area contributed by atoms with Gasteiger partial charge in [-0.15, -0.1) is 11.3 Å². The van der Waals surface area contributed by atoms with Crippen LogP contribution in [-0.2, 0) is 6.42 Å². The monoisotopic (exact) mass is 362 g/mol. The molecule has 1 N–H and O–H groups in total. The Morgan fingerprint density at radius 3 is 3.14 bits per heavy atom. The number of hydrogen-bond donors (Lipinski definition) is 1. The number of para-hydroxylation sites is 1. The first-order valence-electron chi connectivity index (χ1n) is 6.48. The summed E-state index contributed by atoms with van der Waals surface area (Å²) >= 11 is 5.03. The van der Waals surface area contributed by atoms with Crippen LogP contribution in [0.4, 0.5) is 0 Å². The Morgan fingerprint density at radius 2 is 2.33 bits per heavy atom. The highest BCUT2D eigenvalue weighted by molar-refractivity contribution is 9.10. The van der Waals surface area contributed by atoms with Gasteiger partial charge in [0.15, 0.2) is 4.96 Å².